The maximum atomic E-state index is 8.69. The molecule has 0 aliphatic heterocycles. The van der Waals surface area contributed by atoms with Gasteiger partial charge in [-0.05, 0) is 19.8 Å². The zero-order chi connectivity index (χ0) is 12.3. The quantitative estimate of drug-likeness (QED) is 0.371. The average Bonchev–Trinajstić information content (AvgIpc) is 2.14. The first kappa shape index (κ1) is 17.2. The molecule has 0 aromatic heterocycles. The molecule has 0 aromatic rings. The summed E-state index contributed by atoms with van der Waals surface area (Å²) >= 11 is 0. The van der Waals surface area contributed by atoms with Gasteiger partial charge in [-0.2, -0.15) is 0 Å². The van der Waals surface area contributed by atoms with E-state index in [4.69, 9.17) is 20.8 Å². The SMILES string of the molecule is CC(C)CNN.CC(O)COC(C)CO. The van der Waals surface area contributed by atoms with Crippen LogP contribution >= 0.6 is 0 Å². The Bertz CT molecular complexity index is 121. The summed E-state index contributed by atoms with van der Waals surface area (Å²) in [5, 5.41) is 17.1. The maximum absolute atomic E-state index is 8.69. The van der Waals surface area contributed by atoms with Gasteiger partial charge in [0.25, 0.3) is 0 Å². The van der Waals surface area contributed by atoms with Crippen molar-refractivity contribution in [3.63, 3.8) is 0 Å². The molecule has 0 aliphatic carbocycles. The number of aliphatic hydroxyl groups excluding tert-OH is 2. The molecule has 5 nitrogen and oxygen atoms in total. The topological polar surface area (TPSA) is 87.7 Å². The smallest absolute Gasteiger partial charge is 0.0779 e. The van der Waals surface area contributed by atoms with Crippen LogP contribution in [0.15, 0.2) is 0 Å². The van der Waals surface area contributed by atoms with E-state index in [1.165, 1.54) is 0 Å². The minimum absolute atomic E-state index is 0.00667. The van der Waals surface area contributed by atoms with E-state index < -0.39 is 6.10 Å². The van der Waals surface area contributed by atoms with E-state index in [2.05, 4.69) is 19.3 Å². The number of nitrogens with two attached hydrogens (primary N) is 1. The lowest BCUT2D eigenvalue weighted by atomic mass is 10.2. The second kappa shape index (κ2) is 11.9. The highest BCUT2D eigenvalue weighted by Gasteiger charge is 2.00. The Kier molecular flexibility index (Phi) is 13.6. The van der Waals surface area contributed by atoms with Crippen LogP contribution in [0.4, 0.5) is 0 Å². The molecule has 0 radical (unpaired) electrons. The molecule has 0 heterocycles. The standard InChI is InChI=1S/C6H14O3.C4H12N2/c1-5(8)4-9-6(2)3-7;1-4(2)3-6-5/h5-8H,3-4H2,1-2H3;4,6H,3,5H2,1-2H3. The Morgan fingerprint density at radius 1 is 1.27 bits per heavy atom. The highest BCUT2D eigenvalue weighted by Crippen LogP contribution is 1.90. The zero-order valence-corrected chi connectivity index (χ0v) is 10.2. The van der Waals surface area contributed by atoms with Crippen LogP contribution in [0.1, 0.15) is 27.7 Å². The van der Waals surface area contributed by atoms with E-state index in [0.29, 0.717) is 12.5 Å². The molecule has 0 aliphatic rings. The highest BCUT2D eigenvalue weighted by molar-refractivity contribution is 4.47. The molecule has 5 N–H and O–H groups in total. The summed E-state index contributed by atoms with van der Waals surface area (Å²) in [6.45, 7) is 8.82. The zero-order valence-electron chi connectivity index (χ0n) is 10.2. The van der Waals surface area contributed by atoms with E-state index in [0.717, 1.165) is 6.54 Å². The molecule has 0 saturated carbocycles. The van der Waals surface area contributed by atoms with Crippen molar-refractivity contribution in [1.29, 1.82) is 0 Å². The van der Waals surface area contributed by atoms with Gasteiger partial charge in [0, 0.05) is 6.54 Å². The van der Waals surface area contributed by atoms with E-state index in [-0.39, 0.29) is 12.7 Å². The summed E-state index contributed by atoms with van der Waals surface area (Å²) in [6, 6.07) is 0. The first-order valence-electron chi connectivity index (χ1n) is 5.28. The minimum Gasteiger partial charge on any atom is -0.394 e. The molecule has 0 fully saturated rings. The third kappa shape index (κ3) is 20.0. The molecule has 2 atom stereocenters. The predicted octanol–water partition coefficient (Wildman–Crippen LogP) is -0.130. The van der Waals surface area contributed by atoms with Gasteiger partial charge in [0.1, 0.15) is 0 Å². The molecule has 0 rings (SSSR count). The number of rotatable bonds is 6. The van der Waals surface area contributed by atoms with Crippen LogP contribution in [0.3, 0.4) is 0 Å². The summed E-state index contributed by atoms with van der Waals surface area (Å²) in [5.74, 6) is 5.64. The number of nitrogens with one attached hydrogen (secondary N) is 1. The number of hydrogen-bond donors (Lipinski definition) is 4. The Morgan fingerprint density at radius 3 is 2.00 bits per heavy atom. The lowest BCUT2D eigenvalue weighted by Crippen LogP contribution is -2.26. The summed E-state index contributed by atoms with van der Waals surface area (Å²) in [6.07, 6.45) is -0.612. The second-order valence-corrected chi connectivity index (χ2v) is 3.98. The number of aliphatic hydroxyl groups is 2. The van der Waals surface area contributed by atoms with Crippen molar-refractivity contribution in [3.05, 3.63) is 0 Å². The molecule has 0 aromatic carbocycles. The third-order valence-electron chi connectivity index (χ3n) is 1.41. The predicted molar refractivity (Wildman–Crippen MR) is 61.2 cm³/mol. The molecular weight excluding hydrogens is 196 g/mol. The van der Waals surface area contributed by atoms with E-state index in [1.54, 1.807) is 13.8 Å². The van der Waals surface area contributed by atoms with Crippen LogP contribution < -0.4 is 11.3 Å². The van der Waals surface area contributed by atoms with Gasteiger partial charge in [-0.1, -0.05) is 13.8 Å². The van der Waals surface area contributed by atoms with Crippen LogP contribution in [-0.4, -0.2) is 42.2 Å². The Labute approximate surface area is 92.6 Å². The molecule has 0 spiro atoms. The normalized spacial score (nSPS) is 14.4. The minimum atomic E-state index is -0.445. The van der Waals surface area contributed by atoms with Crippen LogP contribution in [-0.2, 0) is 4.74 Å². The van der Waals surface area contributed by atoms with Gasteiger partial charge < -0.3 is 14.9 Å². The Hall–Kier alpha value is -0.200. The van der Waals surface area contributed by atoms with Crippen LogP contribution in [0, 0.1) is 5.92 Å². The lowest BCUT2D eigenvalue weighted by molar-refractivity contribution is -0.0177. The van der Waals surface area contributed by atoms with E-state index in [9.17, 15) is 0 Å². The van der Waals surface area contributed by atoms with Gasteiger partial charge in [-0.3, -0.25) is 11.3 Å². The molecule has 0 saturated heterocycles. The van der Waals surface area contributed by atoms with Gasteiger partial charge >= 0.3 is 0 Å². The molecule has 15 heavy (non-hydrogen) atoms. The van der Waals surface area contributed by atoms with Gasteiger partial charge in [-0.25, -0.2) is 0 Å². The molecule has 5 heteroatoms. The van der Waals surface area contributed by atoms with Crippen molar-refractivity contribution in [3.8, 4) is 0 Å². The van der Waals surface area contributed by atoms with Crippen molar-refractivity contribution in [2.75, 3.05) is 19.8 Å². The van der Waals surface area contributed by atoms with Gasteiger partial charge in [0.05, 0.1) is 25.4 Å². The van der Waals surface area contributed by atoms with E-state index in [1.807, 2.05) is 0 Å². The Morgan fingerprint density at radius 2 is 1.80 bits per heavy atom. The van der Waals surface area contributed by atoms with Crippen LogP contribution in [0.5, 0.6) is 0 Å². The fourth-order valence-electron chi connectivity index (χ4n) is 0.592. The summed E-state index contributed by atoms with van der Waals surface area (Å²) < 4.78 is 4.95. The maximum Gasteiger partial charge on any atom is 0.0779 e. The van der Waals surface area contributed by atoms with Gasteiger partial charge in [-0.15, -0.1) is 0 Å². The van der Waals surface area contributed by atoms with E-state index >= 15 is 0 Å². The Balaban J connectivity index is 0. The largest absolute Gasteiger partial charge is 0.394 e. The third-order valence-corrected chi connectivity index (χ3v) is 1.41. The van der Waals surface area contributed by atoms with Crippen LogP contribution in [0.2, 0.25) is 0 Å². The molecular formula is C10H26N2O3. The van der Waals surface area contributed by atoms with Gasteiger partial charge in [0.2, 0.25) is 0 Å². The fraction of sp³-hybridized carbons (Fsp3) is 1.00. The van der Waals surface area contributed by atoms with Crippen molar-refractivity contribution in [2.45, 2.75) is 39.9 Å². The molecule has 2 unspecified atom stereocenters. The second-order valence-electron chi connectivity index (χ2n) is 3.98. The average molecular weight is 222 g/mol. The summed E-state index contributed by atoms with van der Waals surface area (Å²) in [7, 11) is 0. The molecule has 0 amide bonds. The summed E-state index contributed by atoms with van der Waals surface area (Å²) in [5.41, 5.74) is 2.57. The monoisotopic (exact) mass is 222 g/mol. The molecule has 0 bridgehead atoms. The number of hydrazine groups is 1. The molecule has 94 valence electrons. The van der Waals surface area contributed by atoms with Crippen LogP contribution in [0.25, 0.3) is 0 Å². The first-order valence-corrected chi connectivity index (χ1v) is 5.28. The van der Waals surface area contributed by atoms with Crippen molar-refractivity contribution >= 4 is 0 Å². The highest BCUT2D eigenvalue weighted by atomic mass is 16.5. The number of hydrogen-bond acceptors (Lipinski definition) is 5. The fourth-order valence-corrected chi connectivity index (χ4v) is 0.592. The number of ether oxygens (including phenoxy) is 1. The van der Waals surface area contributed by atoms with Crippen molar-refractivity contribution < 1.29 is 14.9 Å². The summed E-state index contributed by atoms with van der Waals surface area (Å²) in [4.78, 5) is 0. The van der Waals surface area contributed by atoms with Crippen molar-refractivity contribution in [1.82, 2.24) is 5.43 Å². The van der Waals surface area contributed by atoms with Gasteiger partial charge in [0.15, 0.2) is 0 Å². The first-order chi connectivity index (χ1) is 6.93. The van der Waals surface area contributed by atoms with Crippen molar-refractivity contribution in [2.24, 2.45) is 11.8 Å². The lowest BCUT2D eigenvalue weighted by Gasteiger charge is -2.10.